The summed E-state index contributed by atoms with van der Waals surface area (Å²) < 4.78 is 5.78. The van der Waals surface area contributed by atoms with Gasteiger partial charge in [-0.05, 0) is 67.6 Å². The number of fused-ring (bicyclic) bond motifs is 1. The molecule has 2 aromatic carbocycles. The molecule has 0 radical (unpaired) electrons. The summed E-state index contributed by atoms with van der Waals surface area (Å²) in [6.45, 7) is 6.92. The van der Waals surface area contributed by atoms with Gasteiger partial charge in [-0.2, -0.15) is 5.10 Å². The van der Waals surface area contributed by atoms with E-state index in [1.807, 2.05) is 85.7 Å². The number of ether oxygens (including phenoxy) is 1. The molecule has 3 heterocycles. The first-order valence-corrected chi connectivity index (χ1v) is 12.8. The number of rotatable bonds is 5. The molecule has 1 saturated heterocycles. The van der Waals surface area contributed by atoms with Crippen LogP contribution in [0.15, 0.2) is 53.9 Å². The van der Waals surface area contributed by atoms with Gasteiger partial charge in [-0.25, -0.2) is 0 Å². The molecule has 2 unspecified atom stereocenters. The Morgan fingerprint density at radius 1 is 1.11 bits per heavy atom. The molecule has 36 heavy (non-hydrogen) atoms. The monoisotopic (exact) mass is 500 g/mol. The van der Waals surface area contributed by atoms with Gasteiger partial charge >= 0.3 is 0 Å². The number of benzene rings is 2. The summed E-state index contributed by atoms with van der Waals surface area (Å²) in [6.07, 6.45) is 3.77. The van der Waals surface area contributed by atoms with Crippen LogP contribution in [0, 0.1) is 6.92 Å². The molecule has 0 bridgehead atoms. The first-order valence-electron chi connectivity index (χ1n) is 11.9. The molecule has 5 rings (SSSR count). The van der Waals surface area contributed by atoms with Crippen molar-refractivity contribution in [2.75, 3.05) is 18.4 Å². The zero-order valence-corrected chi connectivity index (χ0v) is 21.3. The molecule has 7 nitrogen and oxygen atoms in total. The van der Waals surface area contributed by atoms with Crippen LogP contribution in [-0.4, -0.2) is 52.2 Å². The molecule has 0 spiro atoms. The maximum atomic E-state index is 13.3. The van der Waals surface area contributed by atoms with Crippen LogP contribution in [0.25, 0.3) is 23.1 Å². The zero-order valence-electron chi connectivity index (χ0n) is 20.4. The van der Waals surface area contributed by atoms with Crippen LogP contribution in [0.2, 0.25) is 0 Å². The molecule has 2 atom stereocenters. The largest absolute Gasteiger partial charge is 0.372 e. The Kier molecular flexibility index (Phi) is 6.71. The first-order chi connectivity index (χ1) is 17.4. The minimum atomic E-state index is -0.194. The zero-order chi connectivity index (χ0) is 25.2. The molecule has 2 amide bonds. The highest BCUT2D eigenvalue weighted by Crippen LogP contribution is 2.26. The number of carbonyl (C=O) groups is 2. The lowest BCUT2D eigenvalue weighted by atomic mass is 10.1. The normalized spacial score (nSPS) is 18.1. The first kappa shape index (κ1) is 24.0. The van der Waals surface area contributed by atoms with Crippen molar-refractivity contribution in [1.82, 2.24) is 15.1 Å². The number of aromatic amines is 1. The summed E-state index contributed by atoms with van der Waals surface area (Å²) in [5.41, 5.74) is 4.55. The van der Waals surface area contributed by atoms with Crippen molar-refractivity contribution in [2.24, 2.45) is 0 Å². The minimum absolute atomic E-state index is 0.0236. The number of aromatic nitrogens is 2. The minimum Gasteiger partial charge on any atom is -0.372 e. The van der Waals surface area contributed by atoms with E-state index in [0.29, 0.717) is 29.2 Å². The number of anilines is 1. The molecule has 2 N–H and O–H groups in total. The van der Waals surface area contributed by atoms with Gasteiger partial charge in [-0.1, -0.05) is 30.3 Å². The Morgan fingerprint density at radius 2 is 1.89 bits per heavy atom. The number of aryl methyl sites for hydroxylation is 1. The van der Waals surface area contributed by atoms with Crippen molar-refractivity contribution in [2.45, 2.75) is 33.0 Å². The van der Waals surface area contributed by atoms with Crippen LogP contribution < -0.4 is 5.32 Å². The number of thiophene rings is 1. The van der Waals surface area contributed by atoms with Gasteiger partial charge in [0, 0.05) is 29.7 Å². The average molecular weight is 501 g/mol. The van der Waals surface area contributed by atoms with Gasteiger partial charge in [-0.3, -0.25) is 14.7 Å². The Hall–Kier alpha value is -3.75. The van der Waals surface area contributed by atoms with Crippen molar-refractivity contribution >= 4 is 51.9 Å². The van der Waals surface area contributed by atoms with Crippen LogP contribution in [0.3, 0.4) is 0 Å². The Bertz CT molecular complexity index is 1440. The number of morpholine rings is 1. The predicted molar refractivity (Wildman–Crippen MR) is 144 cm³/mol. The average Bonchev–Trinajstić information content (AvgIpc) is 3.48. The molecule has 8 heteroatoms. The summed E-state index contributed by atoms with van der Waals surface area (Å²) in [7, 11) is 0. The lowest BCUT2D eigenvalue weighted by Crippen LogP contribution is -2.48. The third-order valence-corrected chi connectivity index (χ3v) is 7.26. The van der Waals surface area contributed by atoms with Crippen molar-refractivity contribution in [3.8, 4) is 0 Å². The van der Waals surface area contributed by atoms with Crippen molar-refractivity contribution in [3.05, 3.63) is 81.2 Å². The molecule has 0 aliphatic carbocycles. The second-order valence-electron chi connectivity index (χ2n) is 9.14. The Labute approximate surface area is 213 Å². The number of H-pyrrole nitrogens is 1. The summed E-state index contributed by atoms with van der Waals surface area (Å²) in [4.78, 5) is 28.9. The molecule has 1 fully saturated rings. The second kappa shape index (κ2) is 10.1. The van der Waals surface area contributed by atoms with Gasteiger partial charge in [0.25, 0.3) is 11.8 Å². The second-order valence-corrected chi connectivity index (χ2v) is 10.1. The molecular weight excluding hydrogens is 472 g/mol. The molecule has 2 aromatic heterocycles. The summed E-state index contributed by atoms with van der Waals surface area (Å²) in [6, 6.07) is 15.3. The van der Waals surface area contributed by atoms with Crippen molar-refractivity contribution < 1.29 is 14.3 Å². The molecule has 1 aliphatic rings. The summed E-state index contributed by atoms with van der Waals surface area (Å²) in [5, 5.41) is 13.4. The van der Waals surface area contributed by atoms with Gasteiger partial charge in [0.1, 0.15) is 0 Å². The van der Waals surface area contributed by atoms with E-state index >= 15 is 0 Å². The molecular formula is C28H28N4O3S. The maximum absolute atomic E-state index is 13.3. The van der Waals surface area contributed by atoms with Gasteiger partial charge in [0.2, 0.25) is 0 Å². The quantitative estimate of drug-likeness (QED) is 0.373. The van der Waals surface area contributed by atoms with Gasteiger partial charge < -0.3 is 15.0 Å². The van der Waals surface area contributed by atoms with E-state index < -0.39 is 0 Å². The number of hydrogen-bond donors (Lipinski definition) is 2. The number of carbonyl (C=O) groups excluding carboxylic acids is 2. The highest BCUT2D eigenvalue weighted by atomic mass is 32.1. The number of amides is 2. The summed E-state index contributed by atoms with van der Waals surface area (Å²) in [5.74, 6) is -0.269. The highest BCUT2D eigenvalue weighted by Gasteiger charge is 2.27. The third kappa shape index (κ3) is 4.96. The van der Waals surface area contributed by atoms with Crippen LogP contribution in [0.5, 0.6) is 0 Å². The van der Waals surface area contributed by atoms with Crippen LogP contribution in [0.4, 0.5) is 5.69 Å². The van der Waals surface area contributed by atoms with E-state index in [4.69, 9.17) is 4.74 Å². The fourth-order valence-corrected chi connectivity index (χ4v) is 5.35. The maximum Gasteiger partial charge on any atom is 0.266 e. The van der Waals surface area contributed by atoms with E-state index in [1.165, 1.54) is 11.3 Å². The predicted octanol–water partition coefficient (Wildman–Crippen LogP) is 5.60. The standard InChI is InChI=1S/C28H28N4O3S/c1-17-12-13-36-26(17)27(33)29-25-14-21(28(34)32-15-18(2)35-19(3)16-32)9-8-20(25)10-11-24-22-6-4-5-7-23(22)30-31-24/h4-14,18-19H,15-16H2,1-3H3,(H,29,33)(H,30,31). The SMILES string of the molecule is Cc1ccsc1C(=O)Nc1cc(C(=O)N2CC(C)OC(C)C2)ccc1C=Cc1n[nH]c2ccccc12. The topological polar surface area (TPSA) is 87.3 Å². The van der Waals surface area contributed by atoms with Crippen molar-refractivity contribution in [3.63, 3.8) is 0 Å². The fourth-order valence-electron chi connectivity index (χ4n) is 4.53. The highest BCUT2D eigenvalue weighted by molar-refractivity contribution is 7.12. The van der Waals surface area contributed by atoms with E-state index in [1.54, 1.807) is 6.07 Å². The van der Waals surface area contributed by atoms with E-state index in [-0.39, 0.29) is 24.0 Å². The van der Waals surface area contributed by atoms with E-state index in [9.17, 15) is 9.59 Å². The van der Waals surface area contributed by atoms with Gasteiger partial charge in [0.15, 0.2) is 0 Å². The van der Waals surface area contributed by atoms with E-state index in [2.05, 4.69) is 15.5 Å². The molecule has 4 aromatic rings. The van der Waals surface area contributed by atoms with Crippen LogP contribution >= 0.6 is 11.3 Å². The fraction of sp³-hybridized carbons (Fsp3) is 0.250. The summed E-state index contributed by atoms with van der Waals surface area (Å²) >= 11 is 1.40. The van der Waals surface area contributed by atoms with E-state index in [0.717, 1.165) is 27.7 Å². The molecule has 0 saturated carbocycles. The smallest absolute Gasteiger partial charge is 0.266 e. The van der Waals surface area contributed by atoms with Crippen molar-refractivity contribution in [1.29, 1.82) is 0 Å². The Balaban J connectivity index is 1.48. The Morgan fingerprint density at radius 3 is 2.64 bits per heavy atom. The number of nitrogens with zero attached hydrogens (tertiary/aromatic N) is 2. The molecule has 184 valence electrons. The van der Waals surface area contributed by atoms with Gasteiger partial charge in [-0.15, -0.1) is 11.3 Å². The molecule has 1 aliphatic heterocycles. The number of hydrogen-bond acceptors (Lipinski definition) is 5. The third-order valence-electron chi connectivity index (χ3n) is 6.24. The number of para-hydroxylation sites is 1. The lowest BCUT2D eigenvalue weighted by Gasteiger charge is -2.35. The lowest BCUT2D eigenvalue weighted by molar-refractivity contribution is -0.0586. The van der Waals surface area contributed by atoms with Crippen LogP contribution in [0.1, 0.15) is 50.7 Å². The number of nitrogens with one attached hydrogen (secondary N) is 2. The van der Waals surface area contributed by atoms with Crippen LogP contribution in [-0.2, 0) is 4.74 Å². The van der Waals surface area contributed by atoms with Gasteiger partial charge in [0.05, 0.1) is 28.3 Å².